The Morgan fingerprint density at radius 1 is 1.21 bits per heavy atom. The lowest BCUT2D eigenvalue weighted by Crippen LogP contribution is -2.45. The summed E-state index contributed by atoms with van der Waals surface area (Å²) in [7, 11) is 0. The first-order valence-corrected chi connectivity index (χ1v) is 11.0. The zero-order valence-electron chi connectivity index (χ0n) is 16.3. The van der Waals surface area contributed by atoms with Crippen LogP contribution in [0.5, 0.6) is 0 Å². The zero-order chi connectivity index (χ0) is 19.4. The SMILES string of the molecule is C[C@@H]1C[C@H](C)CN(C(=O)Cn2nc3c4c5c(sc4ncn3c2=O)CCCC5)C1. The van der Waals surface area contributed by atoms with Crippen molar-refractivity contribution in [1.29, 1.82) is 0 Å². The van der Waals surface area contributed by atoms with Crippen LogP contribution in [0.1, 0.15) is 43.6 Å². The molecule has 1 fully saturated rings. The molecule has 2 atom stereocenters. The molecule has 2 aliphatic rings. The third-order valence-corrected chi connectivity index (χ3v) is 7.24. The van der Waals surface area contributed by atoms with Crippen molar-refractivity contribution in [2.45, 2.75) is 52.5 Å². The Kier molecular flexibility index (Phi) is 4.26. The molecule has 0 spiro atoms. The second kappa shape index (κ2) is 6.69. The molecule has 1 amide bonds. The lowest BCUT2D eigenvalue weighted by Gasteiger charge is -2.34. The lowest BCUT2D eigenvalue weighted by molar-refractivity contribution is -0.134. The normalized spacial score (nSPS) is 22.7. The van der Waals surface area contributed by atoms with Crippen molar-refractivity contribution in [3.63, 3.8) is 0 Å². The average molecular weight is 400 g/mol. The van der Waals surface area contributed by atoms with Gasteiger partial charge in [0.25, 0.3) is 0 Å². The highest BCUT2D eigenvalue weighted by Gasteiger charge is 2.27. The van der Waals surface area contributed by atoms with E-state index in [2.05, 4.69) is 23.9 Å². The van der Waals surface area contributed by atoms with Crippen LogP contribution in [0, 0.1) is 11.8 Å². The smallest absolute Gasteiger partial charge is 0.341 e. The summed E-state index contributed by atoms with van der Waals surface area (Å²) in [6.45, 7) is 5.86. The topological polar surface area (TPSA) is 72.5 Å². The van der Waals surface area contributed by atoms with E-state index < -0.39 is 0 Å². The molecular weight excluding hydrogens is 374 g/mol. The maximum Gasteiger partial charge on any atom is 0.352 e. The van der Waals surface area contributed by atoms with Crippen LogP contribution in [0.4, 0.5) is 0 Å². The van der Waals surface area contributed by atoms with Crippen LogP contribution in [-0.2, 0) is 24.2 Å². The summed E-state index contributed by atoms with van der Waals surface area (Å²) in [6, 6.07) is 0. The van der Waals surface area contributed by atoms with Crippen molar-refractivity contribution >= 4 is 33.1 Å². The van der Waals surface area contributed by atoms with E-state index in [0.29, 0.717) is 17.5 Å². The van der Waals surface area contributed by atoms with Gasteiger partial charge in [0.05, 0.1) is 5.39 Å². The maximum atomic E-state index is 12.9. The molecule has 4 heterocycles. The Labute approximate surface area is 167 Å². The fraction of sp³-hybridized carbons (Fsp3) is 0.600. The molecule has 1 saturated heterocycles. The molecule has 1 aliphatic heterocycles. The summed E-state index contributed by atoms with van der Waals surface area (Å²) in [5.74, 6) is 0.957. The number of aromatic nitrogens is 4. The summed E-state index contributed by atoms with van der Waals surface area (Å²) in [5, 5.41) is 5.59. The van der Waals surface area contributed by atoms with Crippen LogP contribution in [0.3, 0.4) is 0 Å². The molecule has 1 aliphatic carbocycles. The molecule has 0 N–H and O–H groups in total. The number of nitrogens with zero attached hydrogens (tertiary/aromatic N) is 5. The van der Waals surface area contributed by atoms with Crippen LogP contribution in [0.15, 0.2) is 11.1 Å². The fourth-order valence-electron chi connectivity index (χ4n) is 4.88. The zero-order valence-corrected chi connectivity index (χ0v) is 17.2. The van der Waals surface area contributed by atoms with Crippen LogP contribution in [0.2, 0.25) is 0 Å². The number of rotatable bonds is 2. The predicted molar refractivity (Wildman–Crippen MR) is 109 cm³/mol. The summed E-state index contributed by atoms with van der Waals surface area (Å²) < 4.78 is 2.81. The molecule has 148 valence electrons. The Bertz CT molecular complexity index is 1120. The Hall–Kier alpha value is -2.22. The van der Waals surface area contributed by atoms with E-state index >= 15 is 0 Å². The van der Waals surface area contributed by atoms with Gasteiger partial charge in [-0.15, -0.1) is 16.4 Å². The monoisotopic (exact) mass is 399 g/mol. The van der Waals surface area contributed by atoms with Crippen molar-refractivity contribution in [3.05, 3.63) is 27.3 Å². The Balaban J connectivity index is 1.53. The minimum Gasteiger partial charge on any atom is -0.341 e. The third kappa shape index (κ3) is 2.85. The van der Waals surface area contributed by atoms with E-state index in [1.807, 2.05) is 4.90 Å². The minimum atomic E-state index is -0.286. The number of carbonyl (C=O) groups excluding carboxylic acids is 1. The summed E-state index contributed by atoms with van der Waals surface area (Å²) in [4.78, 5) is 34.4. The predicted octanol–water partition coefficient (Wildman–Crippen LogP) is 2.49. The van der Waals surface area contributed by atoms with Gasteiger partial charge in [0.2, 0.25) is 5.91 Å². The van der Waals surface area contributed by atoms with E-state index in [4.69, 9.17) is 0 Å². The van der Waals surface area contributed by atoms with Gasteiger partial charge < -0.3 is 4.90 Å². The third-order valence-electron chi connectivity index (χ3n) is 6.04. The van der Waals surface area contributed by atoms with Crippen molar-refractivity contribution in [1.82, 2.24) is 24.1 Å². The molecule has 8 heteroatoms. The van der Waals surface area contributed by atoms with E-state index in [1.165, 1.54) is 25.9 Å². The van der Waals surface area contributed by atoms with Gasteiger partial charge in [-0.05, 0) is 49.5 Å². The number of thiophene rings is 1. The molecule has 7 nitrogen and oxygen atoms in total. The highest BCUT2D eigenvalue weighted by Crippen LogP contribution is 2.36. The molecule has 3 aromatic rings. The fourth-order valence-corrected chi connectivity index (χ4v) is 6.10. The molecule has 28 heavy (non-hydrogen) atoms. The second-order valence-corrected chi connectivity index (χ2v) is 9.60. The number of aryl methyl sites for hydroxylation is 2. The van der Waals surface area contributed by atoms with E-state index in [-0.39, 0.29) is 18.1 Å². The number of carbonyl (C=O) groups is 1. The van der Waals surface area contributed by atoms with E-state index in [0.717, 1.165) is 49.0 Å². The van der Waals surface area contributed by atoms with Gasteiger partial charge in [-0.25, -0.2) is 18.9 Å². The first-order valence-electron chi connectivity index (χ1n) is 10.2. The van der Waals surface area contributed by atoms with Crippen LogP contribution in [-0.4, -0.2) is 43.1 Å². The number of hydrogen-bond donors (Lipinski definition) is 0. The molecule has 3 aromatic heterocycles. The van der Waals surface area contributed by atoms with Gasteiger partial charge in [0.1, 0.15) is 17.7 Å². The number of amides is 1. The largest absolute Gasteiger partial charge is 0.352 e. The molecule has 0 unspecified atom stereocenters. The van der Waals surface area contributed by atoms with Gasteiger partial charge in [-0.1, -0.05) is 13.8 Å². The maximum absolute atomic E-state index is 12.9. The summed E-state index contributed by atoms with van der Waals surface area (Å²) >= 11 is 1.72. The van der Waals surface area contributed by atoms with Crippen molar-refractivity contribution < 1.29 is 4.79 Å². The Morgan fingerprint density at radius 3 is 2.75 bits per heavy atom. The highest BCUT2D eigenvalue weighted by atomic mass is 32.1. The van der Waals surface area contributed by atoms with Gasteiger partial charge in [-0.2, -0.15) is 0 Å². The van der Waals surface area contributed by atoms with E-state index in [1.54, 1.807) is 17.7 Å². The minimum absolute atomic E-state index is 0.00618. The number of likely N-dealkylation sites (tertiary alicyclic amines) is 1. The van der Waals surface area contributed by atoms with Crippen molar-refractivity contribution in [3.8, 4) is 0 Å². The van der Waals surface area contributed by atoms with Crippen LogP contribution < -0.4 is 5.69 Å². The van der Waals surface area contributed by atoms with Gasteiger partial charge in [-0.3, -0.25) is 4.79 Å². The average Bonchev–Trinajstić information content (AvgIpc) is 3.19. The number of piperidine rings is 1. The van der Waals surface area contributed by atoms with Gasteiger partial charge in [0.15, 0.2) is 5.65 Å². The Morgan fingerprint density at radius 2 is 1.96 bits per heavy atom. The first kappa shape index (κ1) is 17.8. The molecule has 5 rings (SSSR count). The molecule has 0 radical (unpaired) electrons. The summed E-state index contributed by atoms with van der Waals surface area (Å²) in [6.07, 6.45) is 7.16. The van der Waals surface area contributed by atoms with Gasteiger partial charge >= 0.3 is 5.69 Å². The standard InChI is InChI=1S/C20H25N5O2S/c1-12-7-13(2)9-23(8-12)16(26)10-25-20(27)24-11-21-19-17(18(24)22-25)14-5-3-4-6-15(14)28-19/h11-13H,3-10H2,1-2H3/t12-,13+. The molecule has 0 bridgehead atoms. The van der Waals surface area contributed by atoms with Gasteiger partial charge in [0, 0.05) is 18.0 Å². The second-order valence-electron chi connectivity index (χ2n) is 8.51. The van der Waals surface area contributed by atoms with Crippen LogP contribution >= 0.6 is 11.3 Å². The number of fused-ring (bicyclic) bond motifs is 5. The summed E-state index contributed by atoms with van der Waals surface area (Å²) in [5.41, 5.74) is 1.65. The number of hydrogen-bond acceptors (Lipinski definition) is 5. The molecular formula is C20H25N5O2S. The van der Waals surface area contributed by atoms with Crippen LogP contribution in [0.25, 0.3) is 15.9 Å². The highest BCUT2D eigenvalue weighted by molar-refractivity contribution is 7.19. The lowest BCUT2D eigenvalue weighted by atomic mass is 9.92. The van der Waals surface area contributed by atoms with E-state index in [9.17, 15) is 9.59 Å². The molecule has 0 saturated carbocycles. The van der Waals surface area contributed by atoms with Crippen molar-refractivity contribution in [2.24, 2.45) is 11.8 Å². The first-order chi connectivity index (χ1) is 13.5. The quantitative estimate of drug-likeness (QED) is 0.664. The molecule has 0 aromatic carbocycles. The van der Waals surface area contributed by atoms with Crippen molar-refractivity contribution in [2.75, 3.05) is 13.1 Å².